The number of carbonyl (C=O) groups is 2. The standard InChI is InChI=1S/C25H35N3O3S/c1-18(2)13-24(29)26-20-9-10-23(27(3)4)19(14-20)16-28(17-21-7-5-11-31-21)25(30)15-22-8-6-12-32-22/h6,8-10,12,14,18,21H,5,7,11,13,15-17H2,1-4H3,(H,26,29). The molecule has 3 rings (SSSR count). The minimum absolute atomic E-state index is 0.00790. The van der Waals surface area contributed by atoms with E-state index < -0.39 is 0 Å². The van der Waals surface area contributed by atoms with E-state index >= 15 is 0 Å². The van der Waals surface area contributed by atoms with Crippen molar-refractivity contribution < 1.29 is 14.3 Å². The summed E-state index contributed by atoms with van der Waals surface area (Å²) >= 11 is 1.61. The Bertz CT molecular complexity index is 890. The second-order valence-corrected chi connectivity index (χ2v) is 10.1. The third-order valence-corrected chi connectivity index (χ3v) is 6.38. The second kappa shape index (κ2) is 11.5. The van der Waals surface area contributed by atoms with E-state index in [2.05, 4.69) is 5.32 Å². The van der Waals surface area contributed by atoms with Crippen molar-refractivity contribution in [1.82, 2.24) is 4.90 Å². The summed E-state index contributed by atoms with van der Waals surface area (Å²) in [5, 5.41) is 5.01. The normalized spacial score (nSPS) is 15.7. The molecule has 1 aromatic heterocycles. The lowest BCUT2D eigenvalue weighted by Crippen LogP contribution is -2.38. The molecule has 1 fully saturated rings. The van der Waals surface area contributed by atoms with Crippen molar-refractivity contribution in [3.8, 4) is 0 Å². The molecule has 2 amide bonds. The van der Waals surface area contributed by atoms with Crippen LogP contribution < -0.4 is 10.2 Å². The fourth-order valence-corrected chi connectivity index (χ4v) is 4.67. The van der Waals surface area contributed by atoms with Crippen LogP contribution in [0.25, 0.3) is 0 Å². The minimum Gasteiger partial charge on any atom is -0.377 e. The number of ether oxygens (including phenoxy) is 1. The Morgan fingerprint density at radius 1 is 1.25 bits per heavy atom. The molecule has 0 spiro atoms. The van der Waals surface area contributed by atoms with Crippen LogP contribution in [0.2, 0.25) is 0 Å². The molecule has 0 saturated carbocycles. The molecule has 0 radical (unpaired) electrons. The number of hydrogen-bond donors (Lipinski definition) is 1. The zero-order valence-electron chi connectivity index (χ0n) is 19.6. The first-order valence-electron chi connectivity index (χ1n) is 11.3. The third-order valence-electron chi connectivity index (χ3n) is 5.51. The van der Waals surface area contributed by atoms with Crippen molar-refractivity contribution in [3.05, 3.63) is 46.2 Å². The Morgan fingerprint density at radius 3 is 2.69 bits per heavy atom. The van der Waals surface area contributed by atoms with Gasteiger partial charge in [0.2, 0.25) is 11.8 Å². The summed E-state index contributed by atoms with van der Waals surface area (Å²) in [4.78, 5) is 30.6. The molecule has 1 N–H and O–H groups in total. The maximum Gasteiger partial charge on any atom is 0.228 e. The van der Waals surface area contributed by atoms with Gasteiger partial charge in [-0.05, 0) is 54.0 Å². The van der Waals surface area contributed by atoms with E-state index in [4.69, 9.17) is 4.74 Å². The number of nitrogens with one attached hydrogen (secondary N) is 1. The Labute approximate surface area is 195 Å². The van der Waals surface area contributed by atoms with Crippen molar-refractivity contribution in [1.29, 1.82) is 0 Å². The fourth-order valence-electron chi connectivity index (χ4n) is 3.98. The van der Waals surface area contributed by atoms with E-state index in [-0.39, 0.29) is 17.9 Å². The van der Waals surface area contributed by atoms with Gasteiger partial charge in [-0.15, -0.1) is 11.3 Å². The minimum atomic E-state index is 0.00790. The summed E-state index contributed by atoms with van der Waals surface area (Å²) in [7, 11) is 3.99. The molecule has 1 saturated heterocycles. The predicted octanol–water partition coefficient (Wildman–Crippen LogP) is 4.55. The molecule has 2 heterocycles. The van der Waals surface area contributed by atoms with Crippen molar-refractivity contribution >= 4 is 34.5 Å². The predicted molar refractivity (Wildman–Crippen MR) is 131 cm³/mol. The fraction of sp³-hybridized carbons (Fsp3) is 0.520. The molecule has 2 aromatic rings. The molecule has 1 aromatic carbocycles. The molecule has 1 unspecified atom stereocenters. The van der Waals surface area contributed by atoms with E-state index in [1.54, 1.807) is 11.3 Å². The highest BCUT2D eigenvalue weighted by molar-refractivity contribution is 7.10. The van der Waals surface area contributed by atoms with Crippen LogP contribution in [0.4, 0.5) is 11.4 Å². The average Bonchev–Trinajstić information content (AvgIpc) is 3.41. The Balaban J connectivity index is 1.82. The number of carbonyl (C=O) groups excluding carboxylic acids is 2. The quantitative estimate of drug-likeness (QED) is 0.569. The average molecular weight is 458 g/mol. The molecule has 1 atom stereocenters. The molecule has 1 aliphatic heterocycles. The van der Waals surface area contributed by atoms with Gasteiger partial charge in [0, 0.05) is 56.5 Å². The van der Waals surface area contributed by atoms with Gasteiger partial charge in [-0.2, -0.15) is 0 Å². The maximum atomic E-state index is 13.3. The van der Waals surface area contributed by atoms with Crippen molar-refractivity contribution in [2.45, 2.75) is 52.2 Å². The molecule has 32 heavy (non-hydrogen) atoms. The van der Waals surface area contributed by atoms with Crippen molar-refractivity contribution in [2.24, 2.45) is 5.92 Å². The first-order chi connectivity index (χ1) is 15.3. The Hall–Kier alpha value is -2.38. The lowest BCUT2D eigenvalue weighted by molar-refractivity contribution is -0.132. The molecular formula is C25H35N3O3S. The van der Waals surface area contributed by atoms with Crippen LogP contribution >= 0.6 is 11.3 Å². The highest BCUT2D eigenvalue weighted by atomic mass is 32.1. The van der Waals surface area contributed by atoms with Gasteiger partial charge >= 0.3 is 0 Å². The van der Waals surface area contributed by atoms with Gasteiger partial charge in [0.1, 0.15) is 0 Å². The first kappa shape index (κ1) is 24.3. The molecule has 1 aliphatic rings. The van der Waals surface area contributed by atoms with Crippen LogP contribution in [0.3, 0.4) is 0 Å². The van der Waals surface area contributed by atoms with Crippen LogP contribution in [-0.4, -0.2) is 50.1 Å². The topological polar surface area (TPSA) is 61.9 Å². The number of rotatable bonds is 10. The molecular weight excluding hydrogens is 422 g/mol. The van der Waals surface area contributed by atoms with Crippen LogP contribution in [0.15, 0.2) is 35.7 Å². The highest BCUT2D eigenvalue weighted by Crippen LogP contribution is 2.26. The van der Waals surface area contributed by atoms with Gasteiger partial charge in [-0.3, -0.25) is 9.59 Å². The van der Waals surface area contributed by atoms with Gasteiger partial charge in [-0.1, -0.05) is 19.9 Å². The van der Waals surface area contributed by atoms with Gasteiger partial charge in [0.25, 0.3) is 0 Å². The van der Waals surface area contributed by atoms with E-state index in [1.165, 1.54) is 0 Å². The lowest BCUT2D eigenvalue weighted by atomic mass is 10.1. The largest absolute Gasteiger partial charge is 0.377 e. The van der Waals surface area contributed by atoms with Gasteiger partial charge in [-0.25, -0.2) is 0 Å². The number of benzene rings is 1. The van der Waals surface area contributed by atoms with E-state index in [9.17, 15) is 9.59 Å². The summed E-state index contributed by atoms with van der Waals surface area (Å²) in [6.45, 7) is 5.88. The zero-order chi connectivity index (χ0) is 23.1. The summed E-state index contributed by atoms with van der Waals surface area (Å²) < 4.78 is 5.84. The summed E-state index contributed by atoms with van der Waals surface area (Å²) in [6, 6.07) is 9.91. The van der Waals surface area contributed by atoms with Gasteiger partial charge in [0.15, 0.2) is 0 Å². The van der Waals surface area contributed by atoms with Crippen LogP contribution in [0, 0.1) is 5.92 Å². The van der Waals surface area contributed by atoms with Crippen LogP contribution in [-0.2, 0) is 27.3 Å². The van der Waals surface area contributed by atoms with Crippen molar-refractivity contribution in [2.75, 3.05) is 37.5 Å². The van der Waals surface area contributed by atoms with E-state index in [0.717, 1.165) is 41.3 Å². The number of anilines is 2. The second-order valence-electron chi connectivity index (χ2n) is 9.05. The van der Waals surface area contributed by atoms with Gasteiger partial charge in [0.05, 0.1) is 12.5 Å². The van der Waals surface area contributed by atoms with Gasteiger partial charge < -0.3 is 19.9 Å². The number of thiophene rings is 1. The summed E-state index contributed by atoms with van der Waals surface area (Å²) in [5.74, 6) is 0.405. The maximum absolute atomic E-state index is 13.3. The zero-order valence-corrected chi connectivity index (χ0v) is 20.4. The lowest BCUT2D eigenvalue weighted by Gasteiger charge is -2.28. The molecule has 7 heteroatoms. The van der Waals surface area contributed by atoms with E-state index in [0.29, 0.717) is 31.8 Å². The SMILES string of the molecule is CC(C)CC(=O)Nc1ccc(N(C)C)c(CN(CC2CCCO2)C(=O)Cc2cccs2)c1. The summed E-state index contributed by atoms with van der Waals surface area (Å²) in [5.41, 5.74) is 2.81. The number of nitrogens with zero attached hydrogens (tertiary/aromatic N) is 2. The number of amides is 2. The molecule has 0 bridgehead atoms. The summed E-state index contributed by atoms with van der Waals surface area (Å²) in [6.07, 6.45) is 2.98. The van der Waals surface area contributed by atoms with Crippen molar-refractivity contribution in [3.63, 3.8) is 0 Å². The molecule has 174 valence electrons. The Morgan fingerprint density at radius 2 is 2.06 bits per heavy atom. The molecule has 0 aliphatic carbocycles. The third kappa shape index (κ3) is 7.07. The highest BCUT2D eigenvalue weighted by Gasteiger charge is 2.24. The Kier molecular flexibility index (Phi) is 8.70. The van der Waals surface area contributed by atoms with E-state index in [1.807, 2.05) is 73.5 Å². The first-order valence-corrected chi connectivity index (χ1v) is 12.2. The smallest absolute Gasteiger partial charge is 0.228 e. The molecule has 6 nitrogen and oxygen atoms in total. The van der Waals surface area contributed by atoms with Crippen LogP contribution in [0.5, 0.6) is 0 Å². The number of hydrogen-bond acceptors (Lipinski definition) is 5. The monoisotopic (exact) mass is 457 g/mol. The van der Waals surface area contributed by atoms with Crippen LogP contribution in [0.1, 0.15) is 43.6 Å².